The number of aliphatic hydroxyl groups is 1. The van der Waals surface area contributed by atoms with Crippen LogP contribution in [0.15, 0.2) is 18.3 Å². The second-order valence-electron chi connectivity index (χ2n) is 7.75. The number of nitrogens with zero attached hydrogens (tertiary/aromatic N) is 1. The Balaban J connectivity index is 1.93. The van der Waals surface area contributed by atoms with E-state index in [1.54, 1.807) is 0 Å². The first-order valence-electron chi connectivity index (χ1n) is 8.08. The van der Waals surface area contributed by atoms with E-state index in [1.807, 2.05) is 12.3 Å². The molecular formula is C18H27NO. The van der Waals surface area contributed by atoms with Gasteiger partial charge in [0.1, 0.15) is 0 Å². The maximum Gasteiger partial charge on any atom is 0.0756 e. The van der Waals surface area contributed by atoms with Crippen molar-refractivity contribution < 1.29 is 5.11 Å². The van der Waals surface area contributed by atoms with Crippen molar-refractivity contribution in [1.29, 1.82) is 0 Å². The molecule has 3 atom stereocenters. The van der Waals surface area contributed by atoms with Gasteiger partial charge in [-0.15, -0.1) is 0 Å². The molecule has 0 aliphatic heterocycles. The van der Waals surface area contributed by atoms with Gasteiger partial charge in [0, 0.05) is 17.8 Å². The van der Waals surface area contributed by atoms with Gasteiger partial charge in [-0.3, -0.25) is 4.98 Å². The molecule has 3 unspecified atom stereocenters. The molecule has 0 saturated heterocycles. The van der Waals surface area contributed by atoms with E-state index in [0.717, 1.165) is 32.1 Å². The van der Waals surface area contributed by atoms with E-state index in [-0.39, 0.29) is 5.92 Å². The van der Waals surface area contributed by atoms with Crippen molar-refractivity contribution in [2.75, 3.05) is 0 Å². The first-order chi connectivity index (χ1) is 9.42. The lowest BCUT2D eigenvalue weighted by Gasteiger charge is -2.50. The van der Waals surface area contributed by atoms with Crippen molar-refractivity contribution in [3.63, 3.8) is 0 Å². The molecule has 1 fully saturated rings. The zero-order valence-corrected chi connectivity index (χ0v) is 13.0. The van der Waals surface area contributed by atoms with Gasteiger partial charge in [-0.2, -0.15) is 0 Å². The number of pyridine rings is 1. The monoisotopic (exact) mass is 273 g/mol. The lowest BCUT2D eigenvalue weighted by Crippen LogP contribution is -2.49. The molecule has 1 heterocycles. The Morgan fingerprint density at radius 3 is 2.85 bits per heavy atom. The average Bonchev–Trinajstić information content (AvgIpc) is 2.42. The van der Waals surface area contributed by atoms with Crippen LogP contribution in [0.5, 0.6) is 0 Å². The number of aryl methyl sites for hydroxylation is 1. The Kier molecular flexibility index (Phi) is 3.40. The summed E-state index contributed by atoms with van der Waals surface area (Å²) in [6.45, 7) is 6.89. The molecule has 20 heavy (non-hydrogen) atoms. The zero-order valence-electron chi connectivity index (χ0n) is 13.0. The van der Waals surface area contributed by atoms with Gasteiger partial charge in [0.15, 0.2) is 0 Å². The third kappa shape index (κ3) is 2.28. The molecule has 0 radical (unpaired) electrons. The topological polar surface area (TPSA) is 33.1 Å². The molecule has 1 aromatic heterocycles. The molecule has 1 N–H and O–H groups in total. The largest absolute Gasteiger partial charge is 0.389 e. The molecule has 0 amide bonds. The van der Waals surface area contributed by atoms with Crippen molar-refractivity contribution in [3.8, 4) is 0 Å². The van der Waals surface area contributed by atoms with Crippen LogP contribution in [0.1, 0.15) is 70.1 Å². The molecule has 110 valence electrons. The van der Waals surface area contributed by atoms with E-state index in [2.05, 4.69) is 31.8 Å². The third-order valence-electron chi connectivity index (χ3n) is 5.71. The summed E-state index contributed by atoms with van der Waals surface area (Å²) in [5, 5.41) is 11.4. The predicted molar refractivity (Wildman–Crippen MR) is 81.7 cm³/mol. The highest BCUT2D eigenvalue weighted by atomic mass is 16.3. The summed E-state index contributed by atoms with van der Waals surface area (Å²) in [5.74, 6) is 0.586. The highest BCUT2D eigenvalue weighted by molar-refractivity contribution is 5.29. The highest BCUT2D eigenvalue weighted by Gasteiger charge is 2.49. The van der Waals surface area contributed by atoms with E-state index in [9.17, 15) is 5.11 Å². The summed E-state index contributed by atoms with van der Waals surface area (Å²) in [7, 11) is 0. The van der Waals surface area contributed by atoms with Crippen LogP contribution in [0.3, 0.4) is 0 Å². The van der Waals surface area contributed by atoms with Crippen LogP contribution in [0.25, 0.3) is 0 Å². The lowest BCUT2D eigenvalue weighted by atomic mass is 9.59. The maximum absolute atomic E-state index is 11.4. The number of hydrogen-bond acceptors (Lipinski definition) is 2. The molecule has 2 nitrogen and oxygen atoms in total. The van der Waals surface area contributed by atoms with Gasteiger partial charge in [-0.25, -0.2) is 0 Å². The molecule has 2 aliphatic rings. The second kappa shape index (κ2) is 4.84. The van der Waals surface area contributed by atoms with Crippen molar-refractivity contribution in [1.82, 2.24) is 4.98 Å². The predicted octanol–water partition coefficient (Wildman–Crippen LogP) is 4.08. The molecular weight excluding hydrogens is 246 g/mol. The van der Waals surface area contributed by atoms with Crippen LogP contribution in [0.2, 0.25) is 0 Å². The molecule has 1 saturated carbocycles. The number of fused-ring (bicyclic) bond motifs is 1. The van der Waals surface area contributed by atoms with Gasteiger partial charge < -0.3 is 5.11 Å². The lowest BCUT2D eigenvalue weighted by molar-refractivity contribution is -0.0945. The second-order valence-corrected chi connectivity index (χ2v) is 7.75. The highest BCUT2D eigenvalue weighted by Crippen LogP contribution is 2.52. The van der Waals surface area contributed by atoms with Gasteiger partial charge in [-0.1, -0.05) is 26.8 Å². The number of rotatable bonds is 1. The zero-order chi connectivity index (χ0) is 14.4. The summed E-state index contributed by atoms with van der Waals surface area (Å²) >= 11 is 0. The van der Waals surface area contributed by atoms with E-state index in [1.165, 1.54) is 17.7 Å². The van der Waals surface area contributed by atoms with Crippen LogP contribution in [0, 0.1) is 11.3 Å². The minimum atomic E-state index is -0.557. The Hall–Kier alpha value is -0.890. The SMILES string of the molecule is CC1CC(C)(C)CCC1(O)C1CCCc2cccnc21. The van der Waals surface area contributed by atoms with Crippen LogP contribution >= 0.6 is 0 Å². The molecule has 0 bridgehead atoms. The first kappa shape index (κ1) is 14.1. The molecule has 2 heteroatoms. The maximum atomic E-state index is 11.4. The van der Waals surface area contributed by atoms with Gasteiger partial charge in [0.25, 0.3) is 0 Å². The normalized spacial score (nSPS) is 36.4. The Morgan fingerprint density at radius 2 is 2.10 bits per heavy atom. The number of aromatic nitrogens is 1. The minimum Gasteiger partial charge on any atom is -0.389 e. The standard InChI is InChI=1S/C18H27NO/c1-13-12-17(2,3)9-10-18(13,20)15-8-4-6-14-7-5-11-19-16(14)15/h5,7,11,13,15,20H,4,6,8-10,12H2,1-3H3. The summed E-state index contributed by atoms with van der Waals surface area (Å²) in [6.07, 6.45) is 8.43. The van der Waals surface area contributed by atoms with Gasteiger partial charge >= 0.3 is 0 Å². The fourth-order valence-electron chi connectivity index (χ4n) is 4.51. The molecule has 1 aromatic rings. The van der Waals surface area contributed by atoms with Crippen LogP contribution in [0.4, 0.5) is 0 Å². The van der Waals surface area contributed by atoms with E-state index in [0.29, 0.717) is 11.3 Å². The van der Waals surface area contributed by atoms with E-state index >= 15 is 0 Å². The van der Waals surface area contributed by atoms with E-state index < -0.39 is 5.60 Å². The molecule has 0 spiro atoms. The van der Waals surface area contributed by atoms with Crippen molar-refractivity contribution in [2.24, 2.45) is 11.3 Å². The Morgan fingerprint density at radius 1 is 1.30 bits per heavy atom. The van der Waals surface area contributed by atoms with Crippen LogP contribution < -0.4 is 0 Å². The number of hydrogen-bond donors (Lipinski definition) is 1. The van der Waals surface area contributed by atoms with Gasteiger partial charge in [-0.05, 0) is 61.5 Å². The van der Waals surface area contributed by atoms with Crippen LogP contribution in [-0.2, 0) is 6.42 Å². The van der Waals surface area contributed by atoms with Crippen LogP contribution in [-0.4, -0.2) is 15.7 Å². The molecule has 2 aliphatic carbocycles. The van der Waals surface area contributed by atoms with Crippen molar-refractivity contribution in [2.45, 2.75) is 70.8 Å². The Labute approximate surface area is 122 Å². The van der Waals surface area contributed by atoms with Gasteiger partial charge in [0.05, 0.1) is 5.60 Å². The first-order valence-corrected chi connectivity index (χ1v) is 8.08. The van der Waals surface area contributed by atoms with E-state index in [4.69, 9.17) is 0 Å². The minimum absolute atomic E-state index is 0.235. The third-order valence-corrected chi connectivity index (χ3v) is 5.71. The summed E-state index contributed by atoms with van der Waals surface area (Å²) in [5.41, 5.74) is 2.34. The van der Waals surface area contributed by atoms with Crippen molar-refractivity contribution in [3.05, 3.63) is 29.6 Å². The molecule has 0 aromatic carbocycles. The fraction of sp³-hybridized carbons (Fsp3) is 0.722. The smallest absolute Gasteiger partial charge is 0.0756 e. The Bertz CT molecular complexity index is 496. The molecule has 3 rings (SSSR count). The summed E-state index contributed by atoms with van der Waals surface area (Å²) in [4.78, 5) is 4.63. The summed E-state index contributed by atoms with van der Waals surface area (Å²) in [6, 6.07) is 4.22. The fourth-order valence-corrected chi connectivity index (χ4v) is 4.51. The summed E-state index contributed by atoms with van der Waals surface area (Å²) < 4.78 is 0. The van der Waals surface area contributed by atoms with Gasteiger partial charge in [0.2, 0.25) is 0 Å². The average molecular weight is 273 g/mol. The van der Waals surface area contributed by atoms with Crippen molar-refractivity contribution >= 4 is 0 Å². The quantitative estimate of drug-likeness (QED) is 0.836.